The van der Waals surface area contributed by atoms with Crippen LogP contribution in [-0.2, 0) is 0 Å². The smallest absolute Gasteiger partial charge is 0.412 e. The monoisotopic (exact) mass is 210 g/mol. The summed E-state index contributed by atoms with van der Waals surface area (Å²) in [6, 6.07) is 6.81. The molecule has 5 nitrogen and oxygen atoms in total. The molecule has 0 saturated heterocycles. The molecular formula is C10H14N2O3. The number of hydrogen-bond acceptors (Lipinski definition) is 4. The Kier molecular flexibility index (Phi) is 4.43. The van der Waals surface area contributed by atoms with Gasteiger partial charge in [0.1, 0.15) is 11.5 Å². The quantitative estimate of drug-likeness (QED) is 0.768. The molecule has 1 aromatic rings. The molecule has 1 amide bonds. The highest BCUT2D eigenvalue weighted by molar-refractivity contribution is 5.70. The number of methoxy groups -OCH3 is 1. The minimum atomic E-state index is -0.520. The maximum atomic E-state index is 11.1. The third kappa shape index (κ3) is 3.86. The fraction of sp³-hybridized carbons (Fsp3) is 0.300. The second-order valence-electron chi connectivity index (χ2n) is 2.78. The van der Waals surface area contributed by atoms with E-state index in [9.17, 15) is 4.79 Å². The molecule has 0 radical (unpaired) electrons. The largest absolute Gasteiger partial charge is 0.497 e. The number of hydrogen-bond donors (Lipinski definition) is 2. The van der Waals surface area contributed by atoms with Crippen molar-refractivity contribution in [3.05, 3.63) is 24.3 Å². The van der Waals surface area contributed by atoms with E-state index in [4.69, 9.17) is 15.2 Å². The van der Waals surface area contributed by atoms with Gasteiger partial charge in [-0.2, -0.15) is 0 Å². The van der Waals surface area contributed by atoms with Gasteiger partial charge in [0.15, 0.2) is 0 Å². The summed E-state index contributed by atoms with van der Waals surface area (Å²) >= 11 is 0. The first kappa shape index (κ1) is 11.3. The molecule has 0 bridgehead atoms. The highest BCUT2D eigenvalue weighted by atomic mass is 16.6. The standard InChI is InChI=1S/C10H14N2O3/c1-14-8-3-2-4-9(7-8)15-10(13)12-6-5-11/h2-4,7H,5-6,11H2,1H3,(H,12,13). The van der Waals surface area contributed by atoms with Crippen LogP contribution in [0.1, 0.15) is 0 Å². The molecule has 3 N–H and O–H groups in total. The summed E-state index contributed by atoms with van der Waals surface area (Å²) in [6.07, 6.45) is -0.520. The average molecular weight is 210 g/mol. The molecule has 82 valence electrons. The van der Waals surface area contributed by atoms with Gasteiger partial charge in [-0.25, -0.2) is 4.79 Å². The molecule has 0 saturated carbocycles. The van der Waals surface area contributed by atoms with E-state index in [0.717, 1.165) is 0 Å². The Morgan fingerprint density at radius 3 is 2.87 bits per heavy atom. The summed E-state index contributed by atoms with van der Waals surface area (Å²) in [6.45, 7) is 0.774. The Morgan fingerprint density at radius 1 is 1.47 bits per heavy atom. The van der Waals surface area contributed by atoms with Crippen molar-refractivity contribution in [2.45, 2.75) is 0 Å². The molecule has 0 aliphatic rings. The van der Waals surface area contributed by atoms with E-state index in [-0.39, 0.29) is 0 Å². The van der Waals surface area contributed by atoms with Crippen molar-refractivity contribution in [1.82, 2.24) is 5.32 Å². The van der Waals surface area contributed by atoms with Crippen molar-refractivity contribution in [3.8, 4) is 11.5 Å². The predicted octanol–water partition coefficient (Wildman–Crippen LogP) is 0.742. The Bertz CT molecular complexity index is 328. The number of nitrogens with two attached hydrogens (primary N) is 1. The SMILES string of the molecule is COc1cccc(OC(=O)NCCN)c1. The van der Waals surface area contributed by atoms with Crippen LogP contribution >= 0.6 is 0 Å². The van der Waals surface area contributed by atoms with E-state index in [1.165, 1.54) is 0 Å². The van der Waals surface area contributed by atoms with Gasteiger partial charge in [0.25, 0.3) is 0 Å². The first-order valence-electron chi connectivity index (χ1n) is 4.56. The van der Waals surface area contributed by atoms with Gasteiger partial charge in [-0.1, -0.05) is 6.07 Å². The molecule has 1 aromatic carbocycles. The van der Waals surface area contributed by atoms with Crippen molar-refractivity contribution in [2.75, 3.05) is 20.2 Å². The van der Waals surface area contributed by atoms with E-state index < -0.39 is 6.09 Å². The molecule has 0 aromatic heterocycles. The molecule has 0 aliphatic heterocycles. The summed E-state index contributed by atoms with van der Waals surface area (Å²) in [5, 5.41) is 2.49. The first-order chi connectivity index (χ1) is 7.26. The van der Waals surface area contributed by atoms with Crippen LogP contribution in [0.4, 0.5) is 4.79 Å². The Balaban J connectivity index is 2.52. The van der Waals surface area contributed by atoms with E-state index in [0.29, 0.717) is 24.6 Å². The molecule has 0 fully saturated rings. The number of nitrogens with one attached hydrogen (secondary N) is 1. The van der Waals surface area contributed by atoms with Crippen LogP contribution in [0.3, 0.4) is 0 Å². The zero-order valence-electron chi connectivity index (χ0n) is 8.53. The minimum Gasteiger partial charge on any atom is -0.497 e. The van der Waals surface area contributed by atoms with E-state index >= 15 is 0 Å². The van der Waals surface area contributed by atoms with Gasteiger partial charge in [-0.05, 0) is 12.1 Å². The van der Waals surface area contributed by atoms with Gasteiger partial charge in [0.05, 0.1) is 7.11 Å². The maximum Gasteiger partial charge on any atom is 0.412 e. The minimum absolute atomic E-state index is 0.382. The molecule has 15 heavy (non-hydrogen) atoms. The lowest BCUT2D eigenvalue weighted by atomic mass is 10.3. The molecular weight excluding hydrogens is 196 g/mol. The number of benzene rings is 1. The second kappa shape index (κ2) is 5.87. The van der Waals surface area contributed by atoms with Gasteiger partial charge in [-0.15, -0.1) is 0 Å². The number of ether oxygens (including phenoxy) is 2. The number of rotatable bonds is 4. The summed E-state index contributed by atoms with van der Waals surface area (Å²) in [7, 11) is 1.55. The van der Waals surface area contributed by atoms with Gasteiger partial charge < -0.3 is 20.5 Å². The third-order valence-electron chi connectivity index (χ3n) is 1.67. The highest BCUT2D eigenvalue weighted by Gasteiger charge is 2.03. The average Bonchev–Trinajstić information content (AvgIpc) is 2.26. The van der Waals surface area contributed by atoms with Crippen LogP contribution in [0.5, 0.6) is 11.5 Å². The molecule has 1 rings (SSSR count). The van der Waals surface area contributed by atoms with Crippen LogP contribution in [0.25, 0.3) is 0 Å². The normalized spacial score (nSPS) is 9.47. The van der Waals surface area contributed by atoms with Crippen molar-refractivity contribution >= 4 is 6.09 Å². The van der Waals surface area contributed by atoms with Gasteiger partial charge in [0, 0.05) is 19.2 Å². The topological polar surface area (TPSA) is 73.6 Å². The fourth-order valence-corrected chi connectivity index (χ4v) is 0.982. The zero-order valence-corrected chi connectivity index (χ0v) is 8.53. The number of carbonyl (C=O) groups is 1. The lowest BCUT2D eigenvalue weighted by Gasteiger charge is -2.06. The van der Waals surface area contributed by atoms with Crippen molar-refractivity contribution < 1.29 is 14.3 Å². The van der Waals surface area contributed by atoms with E-state index in [1.807, 2.05) is 0 Å². The van der Waals surface area contributed by atoms with Crippen LogP contribution in [-0.4, -0.2) is 26.3 Å². The van der Waals surface area contributed by atoms with Crippen LogP contribution in [0, 0.1) is 0 Å². The molecule has 0 unspecified atom stereocenters. The molecule has 0 atom stereocenters. The number of amides is 1. The van der Waals surface area contributed by atoms with Crippen LogP contribution < -0.4 is 20.5 Å². The van der Waals surface area contributed by atoms with E-state index in [1.54, 1.807) is 31.4 Å². The Hall–Kier alpha value is -1.75. The lowest BCUT2D eigenvalue weighted by Crippen LogP contribution is -2.31. The van der Waals surface area contributed by atoms with Gasteiger partial charge in [0.2, 0.25) is 0 Å². The van der Waals surface area contributed by atoms with Crippen molar-refractivity contribution in [1.29, 1.82) is 0 Å². The summed E-state index contributed by atoms with van der Waals surface area (Å²) in [4.78, 5) is 11.1. The fourth-order valence-electron chi connectivity index (χ4n) is 0.982. The zero-order chi connectivity index (χ0) is 11.1. The van der Waals surface area contributed by atoms with Crippen molar-refractivity contribution in [2.24, 2.45) is 5.73 Å². The summed E-state index contributed by atoms with van der Waals surface area (Å²) in [5.41, 5.74) is 5.23. The molecule has 0 spiro atoms. The van der Waals surface area contributed by atoms with Crippen LogP contribution in [0.2, 0.25) is 0 Å². The summed E-state index contributed by atoms with van der Waals surface area (Å²) in [5.74, 6) is 1.07. The van der Waals surface area contributed by atoms with Crippen molar-refractivity contribution in [3.63, 3.8) is 0 Å². The first-order valence-corrected chi connectivity index (χ1v) is 4.56. The maximum absolute atomic E-state index is 11.1. The molecule has 5 heteroatoms. The lowest BCUT2D eigenvalue weighted by molar-refractivity contribution is 0.200. The van der Waals surface area contributed by atoms with Gasteiger partial charge in [-0.3, -0.25) is 0 Å². The third-order valence-corrected chi connectivity index (χ3v) is 1.67. The second-order valence-corrected chi connectivity index (χ2v) is 2.78. The Labute approximate surface area is 88.2 Å². The molecule has 0 heterocycles. The van der Waals surface area contributed by atoms with Crippen LogP contribution in [0.15, 0.2) is 24.3 Å². The van der Waals surface area contributed by atoms with Gasteiger partial charge >= 0.3 is 6.09 Å². The predicted molar refractivity (Wildman–Crippen MR) is 56.1 cm³/mol. The molecule has 0 aliphatic carbocycles. The number of carbonyl (C=O) groups excluding carboxylic acids is 1. The summed E-state index contributed by atoms with van der Waals surface area (Å²) < 4.78 is 9.96. The highest BCUT2D eigenvalue weighted by Crippen LogP contribution is 2.18. The Morgan fingerprint density at radius 2 is 2.20 bits per heavy atom. The van der Waals surface area contributed by atoms with E-state index in [2.05, 4.69) is 5.32 Å².